The van der Waals surface area contributed by atoms with Crippen molar-refractivity contribution in [3.63, 3.8) is 0 Å². The van der Waals surface area contributed by atoms with E-state index in [0.717, 1.165) is 17.1 Å². The molecular weight excluding hydrogens is 318 g/mol. The Morgan fingerprint density at radius 3 is 2.72 bits per heavy atom. The van der Waals surface area contributed by atoms with Crippen LogP contribution >= 0.6 is 0 Å². The van der Waals surface area contributed by atoms with Crippen LogP contribution in [0.1, 0.15) is 10.4 Å². The molecule has 1 amide bonds. The second-order valence-corrected chi connectivity index (χ2v) is 5.39. The number of anilines is 1. The largest absolute Gasteiger partial charge is 0.497 e. The van der Waals surface area contributed by atoms with Crippen LogP contribution in [-0.2, 0) is 4.79 Å². The zero-order valence-corrected chi connectivity index (χ0v) is 13.7. The molecule has 25 heavy (non-hydrogen) atoms. The monoisotopic (exact) mass is 335 g/mol. The van der Waals surface area contributed by atoms with Crippen LogP contribution in [0, 0.1) is 0 Å². The van der Waals surface area contributed by atoms with Crippen molar-refractivity contribution in [1.82, 2.24) is 0 Å². The van der Waals surface area contributed by atoms with Crippen LogP contribution in [0.15, 0.2) is 60.7 Å². The Morgan fingerprint density at radius 2 is 1.92 bits per heavy atom. The summed E-state index contributed by atoms with van der Waals surface area (Å²) in [6.45, 7) is -0.198. The Morgan fingerprint density at radius 1 is 1.08 bits per heavy atom. The molecule has 0 aliphatic carbocycles. The standard InChI is InChI=1S/C20H17NO4/c1-24-16-7-4-6-15(11-16)21-20(23)13-25-19-10-9-14-5-2-3-8-17(14)18(19)12-22/h2-12H,13H2,1H3,(H,21,23). The zero-order valence-electron chi connectivity index (χ0n) is 13.7. The Hall–Kier alpha value is -3.34. The number of ether oxygens (including phenoxy) is 2. The number of aldehydes is 1. The summed E-state index contributed by atoms with van der Waals surface area (Å²) in [6, 6.07) is 18.1. The number of fused-ring (bicyclic) bond motifs is 1. The molecule has 0 heterocycles. The highest BCUT2D eigenvalue weighted by Crippen LogP contribution is 2.26. The number of methoxy groups -OCH3 is 1. The van der Waals surface area contributed by atoms with E-state index in [2.05, 4.69) is 5.32 Å². The molecular formula is C20H17NO4. The summed E-state index contributed by atoms with van der Waals surface area (Å²) >= 11 is 0. The summed E-state index contributed by atoms with van der Waals surface area (Å²) in [7, 11) is 1.56. The molecule has 0 unspecified atom stereocenters. The lowest BCUT2D eigenvalue weighted by Crippen LogP contribution is -2.20. The minimum atomic E-state index is -0.321. The van der Waals surface area contributed by atoms with Gasteiger partial charge in [-0.25, -0.2) is 0 Å². The van der Waals surface area contributed by atoms with Crippen LogP contribution in [0.4, 0.5) is 5.69 Å². The van der Waals surface area contributed by atoms with Crippen molar-refractivity contribution in [1.29, 1.82) is 0 Å². The van der Waals surface area contributed by atoms with E-state index in [9.17, 15) is 9.59 Å². The number of nitrogens with one attached hydrogen (secondary N) is 1. The fraction of sp³-hybridized carbons (Fsp3) is 0.100. The molecule has 0 spiro atoms. The quantitative estimate of drug-likeness (QED) is 0.698. The fourth-order valence-electron chi connectivity index (χ4n) is 2.56. The van der Waals surface area contributed by atoms with Gasteiger partial charge in [-0.1, -0.05) is 36.4 Å². The first-order valence-corrected chi connectivity index (χ1v) is 7.75. The molecule has 0 radical (unpaired) electrons. The maximum Gasteiger partial charge on any atom is 0.262 e. The Bertz CT molecular complexity index is 920. The van der Waals surface area contributed by atoms with Crippen LogP contribution in [0.3, 0.4) is 0 Å². The molecule has 0 fully saturated rings. The lowest BCUT2D eigenvalue weighted by Gasteiger charge is -2.11. The number of rotatable bonds is 6. The minimum Gasteiger partial charge on any atom is -0.497 e. The van der Waals surface area contributed by atoms with Crippen molar-refractivity contribution in [2.75, 3.05) is 19.0 Å². The Balaban J connectivity index is 1.71. The molecule has 126 valence electrons. The average molecular weight is 335 g/mol. The van der Waals surface area contributed by atoms with E-state index >= 15 is 0 Å². The molecule has 0 aliphatic rings. The Labute approximate surface area is 145 Å². The van der Waals surface area contributed by atoms with E-state index in [1.54, 1.807) is 37.4 Å². The molecule has 0 saturated heterocycles. The molecule has 5 heteroatoms. The van der Waals surface area contributed by atoms with Gasteiger partial charge in [0.1, 0.15) is 11.5 Å². The van der Waals surface area contributed by atoms with E-state index < -0.39 is 0 Å². The van der Waals surface area contributed by atoms with Gasteiger partial charge in [0.05, 0.1) is 12.7 Å². The number of carbonyl (C=O) groups excluding carboxylic acids is 2. The highest BCUT2D eigenvalue weighted by Gasteiger charge is 2.10. The highest BCUT2D eigenvalue weighted by atomic mass is 16.5. The molecule has 0 aliphatic heterocycles. The summed E-state index contributed by atoms with van der Waals surface area (Å²) in [5.74, 6) is 0.712. The highest BCUT2D eigenvalue weighted by molar-refractivity contribution is 6.01. The second kappa shape index (κ2) is 7.49. The zero-order chi connectivity index (χ0) is 17.6. The van der Waals surface area contributed by atoms with Crippen LogP contribution in [0.25, 0.3) is 10.8 Å². The van der Waals surface area contributed by atoms with Crippen LogP contribution < -0.4 is 14.8 Å². The van der Waals surface area contributed by atoms with Gasteiger partial charge in [0, 0.05) is 11.8 Å². The topological polar surface area (TPSA) is 64.6 Å². The first kappa shape index (κ1) is 16.5. The van der Waals surface area contributed by atoms with Crippen LogP contribution in [0.2, 0.25) is 0 Å². The molecule has 3 aromatic rings. The lowest BCUT2D eigenvalue weighted by atomic mass is 10.0. The van der Waals surface area contributed by atoms with Gasteiger partial charge in [-0.3, -0.25) is 9.59 Å². The van der Waals surface area contributed by atoms with Gasteiger partial charge in [0.15, 0.2) is 12.9 Å². The maximum absolute atomic E-state index is 12.1. The average Bonchev–Trinajstić information content (AvgIpc) is 2.66. The SMILES string of the molecule is COc1cccc(NC(=O)COc2ccc3ccccc3c2C=O)c1. The van der Waals surface area contributed by atoms with Crippen molar-refractivity contribution in [2.45, 2.75) is 0 Å². The maximum atomic E-state index is 12.1. The summed E-state index contributed by atoms with van der Waals surface area (Å²) in [5.41, 5.74) is 1.05. The summed E-state index contributed by atoms with van der Waals surface area (Å²) in [4.78, 5) is 23.5. The third-order valence-corrected chi connectivity index (χ3v) is 3.76. The molecule has 0 saturated carbocycles. The van der Waals surface area contributed by atoms with E-state index in [1.807, 2.05) is 30.3 Å². The normalized spacial score (nSPS) is 10.3. The van der Waals surface area contributed by atoms with Crippen LogP contribution in [0.5, 0.6) is 11.5 Å². The molecule has 0 aromatic heterocycles. The third-order valence-electron chi connectivity index (χ3n) is 3.76. The number of hydrogen-bond acceptors (Lipinski definition) is 4. The van der Waals surface area contributed by atoms with Crippen molar-refractivity contribution >= 4 is 28.7 Å². The van der Waals surface area contributed by atoms with Gasteiger partial charge in [-0.2, -0.15) is 0 Å². The first-order valence-electron chi connectivity index (χ1n) is 7.75. The molecule has 1 N–H and O–H groups in total. The van der Waals surface area contributed by atoms with Gasteiger partial charge >= 0.3 is 0 Å². The summed E-state index contributed by atoms with van der Waals surface area (Å²) < 4.78 is 10.7. The smallest absolute Gasteiger partial charge is 0.262 e. The lowest BCUT2D eigenvalue weighted by molar-refractivity contribution is -0.118. The molecule has 0 bridgehead atoms. The van der Waals surface area contributed by atoms with Crippen molar-refractivity contribution in [2.24, 2.45) is 0 Å². The van der Waals surface area contributed by atoms with E-state index in [4.69, 9.17) is 9.47 Å². The van der Waals surface area contributed by atoms with Crippen LogP contribution in [-0.4, -0.2) is 25.9 Å². The van der Waals surface area contributed by atoms with Gasteiger partial charge in [-0.05, 0) is 29.0 Å². The molecule has 5 nitrogen and oxygen atoms in total. The minimum absolute atomic E-state index is 0.198. The summed E-state index contributed by atoms with van der Waals surface area (Å²) in [5, 5.41) is 4.47. The molecule has 0 atom stereocenters. The second-order valence-electron chi connectivity index (χ2n) is 5.39. The fourth-order valence-corrected chi connectivity index (χ4v) is 2.56. The molecule has 3 aromatic carbocycles. The van der Waals surface area contributed by atoms with Gasteiger partial charge in [0.25, 0.3) is 5.91 Å². The van der Waals surface area contributed by atoms with Gasteiger partial charge in [-0.15, -0.1) is 0 Å². The molecule has 3 rings (SSSR count). The third kappa shape index (κ3) is 3.77. The Kier molecular flexibility index (Phi) is 4.95. The van der Waals surface area contributed by atoms with Crippen molar-refractivity contribution in [3.05, 3.63) is 66.2 Å². The van der Waals surface area contributed by atoms with Gasteiger partial charge < -0.3 is 14.8 Å². The van der Waals surface area contributed by atoms with E-state index in [-0.39, 0.29) is 12.5 Å². The van der Waals surface area contributed by atoms with Crippen molar-refractivity contribution in [3.8, 4) is 11.5 Å². The predicted molar refractivity (Wildman–Crippen MR) is 96.5 cm³/mol. The van der Waals surface area contributed by atoms with E-state index in [1.165, 1.54) is 0 Å². The first-order chi connectivity index (χ1) is 12.2. The number of carbonyl (C=O) groups is 2. The number of benzene rings is 3. The number of amides is 1. The van der Waals surface area contributed by atoms with E-state index in [0.29, 0.717) is 22.7 Å². The summed E-state index contributed by atoms with van der Waals surface area (Å²) in [6.07, 6.45) is 0.748. The number of hydrogen-bond donors (Lipinski definition) is 1. The van der Waals surface area contributed by atoms with Crippen molar-refractivity contribution < 1.29 is 19.1 Å². The van der Waals surface area contributed by atoms with Gasteiger partial charge in [0.2, 0.25) is 0 Å². The predicted octanol–water partition coefficient (Wildman–Crippen LogP) is 3.68.